The molecular weight excluding hydrogens is 343 g/mol. The number of amides is 1. The van der Waals surface area contributed by atoms with E-state index in [1.807, 2.05) is 0 Å². The zero-order valence-electron chi connectivity index (χ0n) is 14.1. The van der Waals surface area contributed by atoms with E-state index in [9.17, 15) is 18.0 Å². The van der Waals surface area contributed by atoms with E-state index in [4.69, 9.17) is 0 Å². The molecule has 1 heterocycles. The van der Waals surface area contributed by atoms with Gasteiger partial charge in [0, 0.05) is 17.9 Å². The molecule has 0 bridgehead atoms. The third-order valence-corrected chi connectivity index (χ3v) is 4.45. The highest BCUT2D eigenvalue weighted by atomic mass is 19.4. The number of aromatic nitrogens is 1. The number of anilines is 2. The number of nitrogens with zero attached hydrogens (tertiary/aromatic N) is 1. The van der Waals surface area contributed by atoms with Crippen LogP contribution in [0, 0.1) is 0 Å². The average Bonchev–Trinajstić information content (AvgIpc) is 2.62. The fourth-order valence-electron chi connectivity index (χ4n) is 3.12. The summed E-state index contributed by atoms with van der Waals surface area (Å²) in [6.45, 7) is 0. The van der Waals surface area contributed by atoms with Crippen molar-refractivity contribution < 1.29 is 18.0 Å². The molecule has 2 aromatic rings. The number of benzene rings is 1. The van der Waals surface area contributed by atoms with Crippen molar-refractivity contribution >= 4 is 17.4 Å². The van der Waals surface area contributed by atoms with Gasteiger partial charge in [0.15, 0.2) is 0 Å². The number of carbonyl (C=O) groups excluding carboxylic acids is 1. The third-order valence-electron chi connectivity index (χ3n) is 4.45. The zero-order valence-corrected chi connectivity index (χ0v) is 14.1. The van der Waals surface area contributed by atoms with Crippen LogP contribution in [0.1, 0.15) is 48.0 Å². The Morgan fingerprint density at radius 3 is 2.58 bits per heavy atom. The van der Waals surface area contributed by atoms with Gasteiger partial charge in [0.1, 0.15) is 5.82 Å². The number of carbonyl (C=O) groups is 1. The van der Waals surface area contributed by atoms with Crippen molar-refractivity contribution in [3.8, 4) is 0 Å². The first-order valence-electron chi connectivity index (χ1n) is 8.63. The van der Waals surface area contributed by atoms with E-state index in [0.29, 0.717) is 11.4 Å². The van der Waals surface area contributed by atoms with Crippen LogP contribution in [0.5, 0.6) is 0 Å². The topological polar surface area (TPSA) is 54.0 Å². The molecule has 4 nitrogen and oxygen atoms in total. The van der Waals surface area contributed by atoms with Crippen LogP contribution in [0.25, 0.3) is 0 Å². The van der Waals surface area contributed by atoms with Crippen molar-refractivity contribution in [2.75, 3.05) is 10.6 Å². The number of pyridine rings is 1. The third kappa shape index (κ3) is 4.53. The predicted molar refractivity (Wildman–Crippen MR) is 94.1 cm³/mol. The number of halogens is 3. The Balaban J connectivity index is 1.76. The molecule has 1 aliphatic carbocycles. The lowest BCUT2D eigenvalue weighted by molar-refractivity contribution is -0.137. The summed E-state index contributed by atoms with van der Waals surface area (Å²) in [7, 11) is 0. The molecule has 138 valence electrons. The summed E-state index contributed by atoms with van der Waals surface area (Å²) in [5, 5.41) is 5.83. The second-order valence-electron chi connectivity index (χ2n) is 6.41. The van der Waals surface area contributed by atoms with Gasteiger partial charge in [0.2, 0.25) is 0 Å². The fraction of sp³-hybridized carbons (Fsp3) is 0.368. The molecule has 0 saturated heterocycles. The molecule has 26 heavy (non-hydrogen) atoms. The van der Waals surface area contributed by atoms with Gasteiger partial charge in [-0.15, -0.1) is 0 Å². The molecule has 1 fully saturated rings. The summed E-state index contributed by atoms with van der Waals surface area (Å²) in [5.74, 6) is -0.0281. The standard InChI is InChI=1S/C19H20F3N3O/c20-19(21,22)13-6-4-9-15(12-13)25-18(26)16-10-5-11-23-17(16)24-14-7-2-1-3-8-14/h4-6,9-12,14H,1-3,7-8H2,(H,23,24)(H,25,26). The van der Waals surface area contributed by atoms with Gasteiger partial charge in [-0.3, -0.25) is 4.79 Å². The molecule has 0 aliphatic heterocycles. The minimum atomic E-state index is -4.46. The summed E-state index contributed by atoms with van der Waals surface area (Å²) in [5.41, 5.74) is -0.394. The normalized spacial score (nSPS) is 15.5. The molecule has 3 rings (SSSR count). The Hall–Kier alpha value is -2.57. The molecule has 7 heteroatoms. The molecular formula is C19H20F3N3O. The van der Waals surface area contributed by atoms with Crippen molar-refractivity contribution in [2.24, 2.45) is 0 Å². The molecule has 1 aromatic carbocycles. The maximum absolute atomic E-state index is 12.8. The fourth-order valence-corrected chi connectivity index (χ4v) is 3.12. The first-order valence-corrected chi connectivity index (χ1v) is 8.63. The first-order chi connectivity index (χ1) is 12.4. The predicted octanol–water partition coefficient (Wildman–Crippen LogP) is 5.10. The van der Waals surface area contributed by atoms with Crippen LogP contribution in [-0.4, -0.2) is 16.9 Å². The summed E-state index contributed by atoms with van der Waals surface area (Å²) in [6, 6.07) is 8.09. The molecule has 1 saturated carbocycles. The molecule has 0 atom stereocenters. The lowest BCUT2D eigenvalue weighted by atomic mass is 9.95. The molecule has 0 radical (unpaired) electrons. The van der Waals surface area contributed by atoms with E-state index in [1.165, 1.54) is 18.6 Å². The Bertz CT molecular complexity index is 771. The van der Waals surface area contributed by atoms with Crippen molar-refractivity contribution in [1.82, 2.24) is 4.98 Å². The first kappa shape index (κ1) is 18.2. The number of hydrogen-bond donors (Lipinski definition) is 2. The second-order valence-corrected chi connectivity index (χ2v) is 6.41. The Morgan fingerprint density at radius 1 is 1.08 bits per heavy atom. The van der Waals surface area contributed by atoms with Gasteiger partial charge < -0.3 is 10.6 Å². The molecule has 2 N–H and O–H groups in total. The van der Waals surface area contributed by atoms with E-state index in [2.05, 4.69) is 15.6 Å². The van der Waals surface area contributed by atoms with Crippen LogP contribution in [-0.2, 0) is 6.18 Å². The molecule has 0 unspecified atom stereocenters. The number of hydrogen-bond acceptors (Lipinski definition) is 3. The van der Waals surface area contributed by atoms with Crippen molar-refractivity contribution in [2.45, 2.75) is 44.3 Å². The lowest BCUT2D eigenvalue weighted by Gasteiger charge is -2.24. The van der Waals surface area contributed by atoms with E-state index in [1.54, 1.807) is 18.3 Å². The SMILES string of the molecule is O=C(Nc1cccc(C(F)(F)F)c1)c1cccnc1NC1CCCCC1. The van der Waals surface area contributed by atoms with E-state index in [0.717, 1.165) is 37.8 Å². The smallest absolute Gasteiger partial charge is 0.367 e. The number of rotatable bonds is 4. The highest BCUT2D eigenvalue weighted by Crippen LogP contribution is 2.31. The van der Waals surface area contributed by atoms with Gasteiger partial charge in [-0.25, -0.2) is 4.98 Å². The molecule has 1 aromatic heterocycles. The Kier molecular flexibility index (Phi) is 5.44. The zero-order chi connectivity index (χ0) is 18.6. The highest BCUT2D eigenvalue weighted by Gasteiger charge is 2.30. The summed E-state index contributed by atoms with van der Waals surface area (Å²) in [4.78, 5) is 16.8. The van der Waals surface area contributed by atoms with Crippen molar-refractivity contribution in [1.29, 1.82) is 0 Å². The van der Waals surface area contributed by atoms with E-state index in [-0.39, 0.29) is 11.7 Å². The van der Waals surface area contributed by atoms with Crippen LogP contribution >= 0.6 is 0 Å². The monoisotopic (exact) mass is 363 g/mol. The van der Waals surface area contributed by atoms with Crippen LogP contribution in [0.4, 0.5) is 24.7 Å². The quantitative estimate of drug-likeness (QED) is 0.795. The largest absolute Gasteiger partial charge is 0.416 e. The second kappa shape index (κ2) is 7.76. The van der Waals surface area contributed by atoms with E-state index < -0.39 is 17.6 Å². The van der Waals surface area contributed by atoms with Crippen LogP contribution in [0.2, 0.25) is 0 Å². The number of nitrogens with one attached hydrogen (secondary N) is 2. The van der Waals surface area contributed by atoms with Crippen molar-refractivity contribution in [3.63, 3.8) is 0 Å². The van der Waals surface area contributed by atoms with E-state index >= 15 is 0 Å². The Labute approximate surface area is 149 Å². The highest BCUT2D eigenvalue weighted by molar-refractivity contribution is 6.07. The average molecular weight is 363 g/mol. The van der Waals surface area contributed by atoms with Gasteiger partial charge in [-0.2, -0.15) is 13.2 Å². The number of alkyl halides is 3. The molecule has 0 spiro atoms. The van der Waals surface area contributed by atoms with Gasteiger partial charge in [-0.05, 0) is 43.2 Å². The summed E-state index contributed by atoms with van der Waals surface area (Å²) in [6.07, 6.45) is 2.65. The van der Waals surface area contributed by atoms with Gasteiger partial charge in [0.05, 0.1) is 11.1 Å². The van der Waals surface area contributed by atoms with Crippen LogP contribution in [0.15, 0.2) is 42.6 Å². The van der Waals surface area contributed by atoms with Gasteiger partial charge >= 0.3 is 6.18 Å². The maximum Gasteiger partial charge on any atom is 0.416 e. The maximum atomic E-state index is 12.8. The van der Waals surface area contributed by atoms with Gasteiger partial charge in [-0.1, -0.05) is 25.3 Å². The lowest BCUT2D eigenvalue weighted by Crippen LogP contribution is -2.25. The van der Waals surface area contributed by atoms with Crippen LogP contribution in [0.3, 0.4) is 0 Å². The Morgan fingerprint density at radius 2 is 1.85 bits per heavy atom. The minimum absolute atomic E-state index is 0.0947. The van der Waals surface area contributed by atoms with Gasteiger partial charge in [0.25, 0.3) is 5.91 Å². The van der Waals surface area contributed by atoms with Crippen molar-refractivity contribution in [3.05, 3.63) is 53.7 Å². The van der Waals surface area contributed by atoms with Crippen LogP contribution < -0.4 is 10.6 Å². The minimum Gasteiger partial charge on any atom is -0.367 e. The molecule has 1 amide bonds. The molecule has 1 aliphatic rings. The summed E-state index contributed by atoms with van der Waals surface area (Å²) < 4.78 is 38.5. The summed E-state index contributed by atoms with van der Waals surface area (Å²) >= 11 is 0.